The van der Waals surface area contributed by atoms with Crippen LogP contribution in [0.5, 0.6) is 0 Å². The Hall–Kier alpha value is -3.89. The molecule has 0 aliphatic carbocycles. The second kappa shape index (κ2) is 8.47. The third kappa shape index (κ3) is 3.66. The van der Waals surface area contributed by atoms with Crippen molar-refractivity contribution in [1.82, 2.24) is 0 Å². The number of nitrogens with zero attached hydrogens (tertiary/aromatic N) is 1. The van der Waals surface area contributed by atoms with Crippen molar-refractivity contribution in [1.29, 1.82) is 0 Å². The lowest BCUT2D eigenvalue weighted by molar-refractivity contribution is -0.120. The summed E-state index contributed by atoms with van der Waals surface area (Å²) in [5.41, 5.74) is 5.56. The fourth-order valence-electron chi connectivity index (χ4n) is 4.51. The predicted molar refractivity (Wildman–Crippen MR) is 139 cm³/mol. The first-order chi connectivity index (χ1) is 16.3. The van der Waals surface area contributed by atoms with E-state index in [0.717, 1.165) is 38.7 Å². The highest BCUT2D eigenvalue weighted by Gasteiger charge is 2.41. The lowest BCUT2D eigenvalue weighted by atomic mass is 9.97. The first kappa shape index (κ1) is 21.9. The summed E-state index contributed by atoms with van der Waals surface area (Å²) in [6, 6.07) is 24.7. The summed E-state index contributed by atoms with van der Waals surface area (Å²) in [5, 5.41) is 5.68. The van der Waals surface area contributed by atoms with Crippen molar-refractivity contribution in [3.63, 3.8) is 0 Å². The number of carbonyl (C=O) groups is 2. The molecule has 0 saturated carbocycles. The van der Waals surface area contributed by atoms with E-state index in [1.807, 2.05) is 93.6 Å². The van der Waals surface area contributed by atoms with Gasteiger partial charge >= 0.3 is 0 Å². The smallest absolute Gasteiger partial charge is 0.282 e. The number of rotatable bonds is 4. The Morgan fingerprint density at radius 3 is 2.29 bits per heavy atom. The zero-order valence-corrected chi connectivity index (χ0v) is 19.9. The fraction of sp³-hybridized carbons (Fsp3) is 0.103. The van der Waals surface area contributed by atoms with Crippen molar-refractivity contribution in [3.8, 4) is 0 Å². The molecule has 1 aliphatic heterocycles. The van der Waals surface area contributed by atoms with Gasteiger partial charge in [-0.25, -0.2) is 4.90 Å². The van der Waals surface area contributed by atoms with E-state index < -0.39 is 0 Å². The SMILES string of the molecule is Cc1ccc(C2=C(Nc3ccc(Cl)cc3C)C(=O)N(c3cccc4ccccc34)C2=O)c(C)c1. The van der Waals surface area contributed by atoms with E-state index in [1.165, 1.54) is 4.90 Å². The van der Waals surface area contributed by atoms with Crippen LogP contribution >= 0.6 is 11.6 Å². The van der Waals surface area contributed by atoms with Crippen molar-refractivity contribution in [2.45, 2.75) is 20.8 Å². The van der Waals surface area contributed by atoms with Crippen molar-refractivity contribution < 1.29 is 9.59 Å². The summed E-state index contributed by atoms with van der Waals surface area (Å²) in [7, 11) is 0. The highest BCUT2D eigenvalue weighted by molar-refractivity contribution is 6.47. The van der Waals surface area contributed by atoms with Crippen molar-refractivity contribution in [3.05, 3.63) is 112 Å². The zero-order chi connectivity index (χ0) is 24.0. The van der Waals surface area contributed by atoms with Crippen molar-refractivity contribution in [2.75, 3.05) is 10.2 Å². The molecule has 1 aliphatic rings. The lowest BCUT2D eigenvalue weighted by Gasteiger charge is -2.18. The normalized spacial score (nSPS) is 13.8. The van der Waals surface area contributed by atoms with Gasteiger partial charge in [-0.2, -0.15) is 0 Å². The standard InChI is InChI=1S/C29H23ClN2O2/c1-17-11-13-22(18(2)15-17)26-27(31-24-14-12-21(30)16-19(24)3)29(34)32(28(26)33)25-10-6-8-20-7-4-5-9-23(20)25/h4-16,31H,1-3H3. The summed E-state index contributed by atoms with van der Waals surface area (Å²) in [5.74, 6) is -0.729. The van der Waals surface area contributed by atoms with Crippen LogP contribution in [0, 0.1) is 20.8 Å². The van der Waals surface area contributed by atoms with Gasteiger partial charge in [-0.3, -0.25) is 9.59 Å². The van der Waals surface area contributed by atoms with Crippen LogP contribution in [0.1, 0.15) is 22.3 Å². The van der Waals surface area contributed by atoms with Crippen LogP contribution in [0.15, 0.2) is 84.6 Å². The third-order valence-corrected chi connectivity index (χ3v) is 6.43. The average Bonchev–Trinajstić information content (AvgIpc) is 3.04. The second-order valence-electron chi connectivity index (χ2n) is 8.60. The number of carbonyl (C=O) groups excluding carboxylic acids is 2. The molecular formula is C29H23ClN2O2. The molecule has 0 aromatic heterocycles. The number of imide groups is 1. The Kier molecular flexibility index (Phi) is 5.46. The minimum Gasteiger partial charge on any atom is -0.350 e. The number of hydrogen-bond donors (Lipinski definition) is 1. The average molecular weight is 467 g/mol. The van der Waals surface area contributed by atoms with Crippen LogP contribution in [-0.2, 0) is 9.59 Å². The Morgan fingerprint density at radius 1 is 0.765 bits per heavy atom. The van der Waals surface area contributed by atoms with Crippen LogP contribution < -0.4 is 10.2 Å². The summed E-state index contributed by atoms with van der Waals surface area (Å²) in [6.07, 6.45) is 0. The van der Waals surface area contributed by atoms with Gasteiger partial charge in [-0.1, -0.05) is 71.8 Å². The quantitative estimate of drug-likeness (QED) is 0.336. The van der Waals surface area contributed by atoms with E-state index in [-0.39, 0.29) is 17.5 Å². The van der Waals surface area contributed by atoms with Gasteiger partial charge in [0.15, 0.2) is 0 Å². The van der Waals surface area contributed by atoms with Gasteiger partial charge < -0.3 is 5.32 Å². The molecule has 1 N–H and O–H groups in total. The second-order valence-corrected chi connectivity index (χ2v) is 9.03. The summed E-state index contributed by atoms with van der Waals surface area (Å²) in [4.78, 5) is 29.1. The Morgan fingerprint density at radius 2 is 1.53 bits per heavy atom. The molecule has 0 bridgehead atoms. The third-order valence-electron chi connectivity index (χ3n) is 6.19. The predicted octanol–water partition coefficient (Wildman–Crippen LogP) is 6.82. The molecule has 1 heterocycles. The number of aryl methyl sites for hydroxylation is 3. The molecule has 0 unspecified atom stereocenters. The Bertz CT molecular complexity index is 1510. The Balaban J connectivity index is 1.70. The van der Waals surface area contributed by atoms with E-state index in [1.54, 1.807) is 6.07 Å². The molecule has 2 amide bonds. The number of halogens is 1. The van der Waals surface area contributed by atoms with Crippen molar-refractivity contribution in [2.24, 2.45) is 0 Å². The topological polar surface area (TPSA) is 49.4 Å². The zero-order valence-electron chi connectivity index (χ0n) is 19.1. The number of amides is 2. The van der Waals surface area contributed by atoms with Crippen LogP contribution in [-0.4, -0.2) is 11.8 Å². The van der Waals surface area contributed by atoms with Gasteiger partial charge in [0.1, 0.15) is 5.70 Å². The maximum Gasteiger partial charge on any atom is 0.282 e. The molecule has 0 radical (unpaired) electrons. The number of hydrogen-bond acceptors (Lipinski definition) is 3. The molecule has 34 heavy (non-hydrogen) atoms. The molecule has 0 fully saturated rings. The molecule has 168 valence electrons. The first-order valence-corrected chi connectivity index (χ1v) is 11.4. The van der Waals surface area contributed by atoms with Gasteiger partial charge in [-0.05, 0) is 67.1 Å². The highest BCUT2D eigenvalue weighted by Crippen LogP contribution is 2.38. The van der Waals surface area contributed by atoms with E-state index in [2.05, 4.69) is 5.32 Å². The van der Waals surface area contributed by atoms with Gasteiger partial charge in [0.2, 0.25) is 0 Å². The molecular weight excluding hydrogens is 444 g/mol. The van der Waals surface area contributed by atoms with Crippen LogP contribution in [0.4, 0.5) is 11.4 Å². The number of nitrogens with one attached hydrogen (secondary N) is 1. The van der Waals surface area contributed by atoms with E-state index in [4.69, 9.17) is 11.6 Å². The summed E-state index contributed by atoms with van der Waals surface area (Å²) < 4.78 is 0. The maximum atomic E-state index is 13.9. The molecule has 4 nitrogen and oxygen atoms in total. The van der Waals surface area contributed by atoms with E-state index in [0.29, 0.717) is 16.3 Å². The summed E-state index contributed by atoms with van der Waals surface area (Å²) in [6.45, 7) is 5.87. The van der Waals surface area contributed by atoms with Crippen LogP contribution in [0.3, 0.4) is 0 Å². The minimum atomic E-state index is -0.384. The highest BCUT2D eigenvalue weighted by atomic mass is 35.5. The largest absolute Gasteiger partial charge is 0.350 e. The minimum absolute atomic E-state index is 0.260. The lowest BCUT2D eigenvalue weighted by Crippen LogP contribution is -2.32. The Labute approximate surface area is 203 Å². The molecule has 0 saturated heterocycles. The van der Waals surface area contributed by atoms with Gasteiger partial charge in [0.25, 0.3) is 11.8 Å². The van der Waals surface area contributed by atoms with Crippen LogP contribution in [0.2, 0.25) is 5.02 Å². The molecule has 5 rings (SSSR count). The monoisotopic (exact) mass is 466 g/mol. The van der Waals surface area contributed by atoms with Gasteiger partial charge in [0, 0.05) is 16.1 Å². The number of anilines is 2. The van der Waals surface area contributed by atoms with Crippen LogP contribution in [0.25, 0.3) is 16.3 Å². The molecule has 0 atom stereocenters. The molecule has 4 aromatic carbocycles. The number of benzene rings is 4. The number of fused-ring (bicyclic) bond motifs is 1. The van der Waals surface area contributed by atoms with Crippen molar-refractivity contribution >= 4 is 51.1 Å². The first-order valence-electron chi connectivity index (χ1n) is 11.1. The maximum absolute atomic E-state index is 13.9. The van der Waals surface area contributed by atoms with Gasteiger partial charge in [-0.15, -0.1) is 0 Å². The van der Waals surface area contributed by atoms with E-state index >= 15 is 0 Å². The van der Waals surface area contributed by atoms with Gasteiger partial charge in [0.05, 0.1) is 11.3 Å². The molecule has 5 heteroatoms. The fourth-order valence-corrected chi connectivity index (χ4v) is 4.74. The summed E-state index contributed by atoms with van der Waals surface area (Å²) >= 11 is 6.14. The molecule has 4 aromatic rings. The molecule has 0 spiro atoms. The van der Waals surface area contributed by atoms with E-state index in [9.17, 15) is 9.59 Å².